The maximum absolute atomic E-state index is 5.26. The molecule has 0 aromatic heterocycles. The lowest BCUT2D eigenvalue weighted by Gasteiger charge is -2.28. The van der Waals surface area contributed by atoms with Gasteiger partial charge < -0.3 is 10.1 Å². The molecule has 0 fully saturated rings. The highest BCUT2D eigenvalue weighted by molar-refractivity contribution is 5.32. The van der Waals surface area contributed by atoms with Crippen LogP contribution in [0.1, 0.15) is 36.3 Å². The number of nitrogens with one attached hydrogen (secondary N) is 1. The van der Waals surface area contributed by atoms with E-state index < -0.39 is 0 Å². The standard InChI is InChI=1S/C15H23NO/c1-16-14(11-17-2)10-13-8-5-7-12-6-3-4-9-15(12)13/h3-4,6,9,13-14,16H,5,7-8,10-11H2,1-2H3. The van der Waals surface area contributed by atoms with Crippen molar-refractivity contribution >= 4 is 0 Å². The topological polar surface area (TPSA) is 21.3 Å². The minimum absolute atomic E-state index is 0.469. The van der Waals surface area contributed by atoms with Crippen molar-refractivity contribution in [2.75, 3.05) is 20.8 Å². The van der Waals surface area contributed by atoms with Crippen LogP contribution in [0.5, 0.6) is 0 Å². The van der Waals surface area contributed by atoms with Gasteiger partial charge in [0.15, 0.2) is 0 Å². The number of benzene rings is 1. The molecule has 0 heterocycles. The molecule has 0 radical (unpaired) electrons. The van der Waals surface area contributed by atoms with Crippen LogP contribution in [0.15, 0.2) is 24.3 Å². The van der Waals surface area contributed by atoms with Crippen molar-refractivity contribution in [3.63, 3.8) is 0 Å². The number of methoxy groups -OCH3 is 1. The number of fused-ring (bicyclic) bond motifs is 1. The van der Waals surface area contributed by atoms with Crippen molar-refractivity contribution in [2.24, 2.45) is 0 Å². The zero-order valence-electron chi connectivity index (χ0n) is 10.9. The third kappa shape index (κ3) is 3.08. The fourth-order valence-corrected chi connectivity index (χ4v) is 2.91. The first kappa shape index (κ1) is 12.6. The monoisotopic (exact) mass is 233 g/mol. The Labute approximate surface area is 104 Å². The summed E-state index contributed by atoms with van der Waals surface area (Å²) in [4.78, 5) is 0. The molecule has 2 nitrogen and oxygen atoms in total. The molecule has 0 saturated carbocycles. The summed E-state index contributed by atoms with van der Waals surface area (Å²) in [6.07, 6.45) is 5.08. The van der Waals surface area contributed by atoms with E-state index >= 15 is 0 Å². The van der Waals surface area contributed by atoms with Gasteiger partial charge in [-0.15, -0.1) is 0 Å². The number of likely N-dealkylation sites (N-methyl/N-ethyl adjacent to an activating group) is 1. The lowest BCUT2D eigenvalue weighted by molar-refractivity contribution is 0.161. The van der Waals surface area contributed by atoms with E-state index in [1.165, 1.54) is 25.7 Å². The molecule has 2 heteroatoms. The van der Waals surface area contributed by atoms with E-state index in [9.17, 15) is 0 Å². The van der Waals surface area contributed by atoms with E-state index in [-0.39, 0.29) is 0 Å². The van der Waals surface area contributed by atoms with Crippen molar-refractivity contribution in [1.29, 1.82) is 0 Å². The molecule has 1 aliphatic rings. The average molecular weight is 233 g/mol. The fraction of sp³-hybridized carbons (Fsp3) is 0.600. The van der Waals surface area contributed by atoms with Crippen LogP contribution in [-0.2, 0) is 11.2 Å². The Kier molecular flexibility index (Phi) is 4.57. The molecule has 1 N–H and O–H groups in total. The molecule has 2 unspecified atom stereocenters. The normalized spacial score (nSPS) is 20.9. The number of hydrogen-bond acceptors (Lipinski definition) is 2. The van der Waals surface area contributed by atoms with E-state index in [1.807, 2.05) is 7.05 Å². The maximum Gasteiger partial charge on any atom is 0.0615 e. The lowest BCUT2D eigenvalue weighted by Crippen LogP contribution is -2.32. The van der Waals surface area contributed by atoms with Gasteiger partial charge in [0.2, 0.25) is 0 Å². The molecule has 17 heavy (non-hydrogen) atoms. The van der Waals surface area contributed by atoms with Gasteiger partial charge in [0, 0.05) is 13.2 Å². The van der Waals surface area contributed by atoms with Crippen LogP contribution in [0.3, 0.4) is 0 Å². The van der Waals surface area contributed by atoms with Crippen LogP contribution in [0.2, 0.25) is 0 Å². The van der Waals surface area contributed by atoms with Gasteiger partial charge in [-0.25, -0.2) is 0 Å². The first-order chi connectivity index (χ1) is 8.35. The second kappa shape index (κ2) is 6.18. The summed E-state index contributed by atoms with van der Waals surface area (Å²) in [6, 6.07) is 9.38. The lowest BCUT2D eigenvalue weighted by atomic mass is 9.79. The minimum atomic E-state index is 0.469. The van der Waals surface area contributed by atoms with Crippen molar-refractivity contribution in [3.8, 4) is 0 Å². The Hall–Kier alpha value is -0.860. The molecule has 2 rings (SSSR count). The molecule has 0 amide bonds. The van der Waals surface area contributed by atoms with Crippen molar-refractivity contribution in [2.45, 2.75) is 37.6 Å². The van der Waals surface area contributed by atoms with Crippen LogP contribution in [0, 0.1) is 0 Å². The SMILES string of the molecule is CNC(COC)CC1CCCc2ccccc21. The van der Waals surface area contributed by atoms with Gasteiger partial charge in [-0.3, -0.25) is 0 Å². The van der Waals surface area contributed by atoms with Crippen molar-refractivity contribution < 1.29 is 4.74 Å². The smallest absolute Gasteiger partial charge is 0.0615 e. The summed E-state index contributed by atoms with van der Waals surface area (Å²) in [5, 5.41) is 3.36. The van der Waals surface area contributed by atoms with Crippen LogP contribution in [0.25, 0.3) is 0 Å². The van der Waals surface area contributed by atoms with Crippen LogP contribution in [0.4, 0.5) is 0 Å². The van der Waals surface area contributed by atoms with Crippen molar-refractivity contribution in [3.05, 3.63) is 35.4 Å². The van der Waals surface area contributed by atoms with Crippen molar-refractivity contribution in [1.82, 2.24) is 5.32 Å². The first-order valence-electron chi connectivity index (χ1n) is 6.59. The van der Waals surface area contributed by atoms with Crippen LogP contribution in [-0.4, -0.2) is 26.8 Å². The predicted octanol–water partition coefficient (Wildman–Crippen LogP) is 2.73. The molecule has 0 bridgehead atoms. The number of aryl methyl sites for hydroxylation is 1. The predicted molar refractivity (Wildman–Crippen MR) is 71.5 cm³/mol. The first-order valence-corrected chi connectivity index (χ1v) is 6.59. The maximum atomic E-state index is 5.26. The Balaban J connectivity index is 2.07. The third-order valence-electron chi connectivity index (χ3n) is 3.84. The number of ether oxygens (including phenoxy) is 1. The van der Waals surface area contributed by atoms with Gasteiger partial charge in [0.1, 0.15) is 0 Å². The van der Waals surface area contributed by atoms with Gasteiger partial charge in [-0.2, -0.15) is 0 Å². The molecule has 0 aliphatic heterocycles. The number of rotatable bonds is 5. The molecular formula is C15H23NO. The molecule has 0 saturated heterocycles. The molecule has 1 aromatic carbocycles. The molecule has 94 valence electrons. The summed E-state index contributed by atoms with van der Waals surface area (Å²) in [6.45, 7) is 0.801. The minimum Gasteiger partial charge on any atom is -0.383 e. The van der Waals surface area contributed by atoms with E-state index in [1.54, 1.807) is 18.2 Å². The van der Waals surface area contributed by atoms with Crippen LogP contribution < -0.4 is 5.32 Å². The molecule has 0 spiro atoms. The zero-order valence-corrected chi connectivity index (χ0v) is 10.9. The highest BCUT2D eigenvalue weighted by Gasteiger charge is 2.22. The van der Waals surface area contributed by atoms with E-state index in [2.05, 4.69) is 29.6 Å². The van der Waals surface area contributed by atoms with Gasteiger partial charge in [0.25, 0.3) is 0 Å². The largest absolute Gasteiger partial charge is 0.383 e. The summed E-state index contributed by atoms with van der Waals surface area (Å²) >= 11 is 0. The molecule has 2 atom stereocenters. The molecular weight excluding hydrogens is 210 g/mol. The molecule has 1 aromatic rings. The van der Waals surface area contributed by atoms with E-state index in [4.69, 9.17) is 4.74 Å². The Bertz CT molecular complexity index is 351. The highest BCUT2D eigenvalue weighted by Crippen LogP contribution is 2.34. The van der Waals surface area contributed by atoms with Gasteiger partial charge in [-0.1, -0.05) is 24.3 Å². The second-order valence-corrected chi connectivity index (χ2v) is 4.96. The van der Waals surface area contributed by atoms with Gasteiger partial charge >= 0.3 is 0 Å². The van der Waals surface area contributed by atoms with Crippen LogP contribution >= 0.6 is 0 Å². The Morgan fingerprint density at radius 1 is 1.41 bits per heavy atom. The number of hydrogen-bond donors (Lipinski definition) is 1. The quantitative estimate of drug-likeness (QED) is 0.844. The average Bonchev–Trinajstić information content (AvgIpc) is 2.38. The van der Waals surface area contributed by atoms with Gasteiger partial charge in [-0.05, 0) is 49.8 Å². The molecule has 1 aliphatic carbocycles. The van der Waals surface area contributed by atoms with Gasteiger partial charge in [0.05, 0.1) is 6.61 Å². The summed E-state index contributed by atoms with van der Waals surface area (Å²) in [5.41, 5.74) is 3.12. The fourth-order valence-electron chi connectivity index (χ4n) is 2.91. The summed E-state index contributed by atoms with van der Waals surface area (Å²) < 4.78 is 5.26. The van der Waals surface area contributed by atoms with E-state index in [0.717, 1.165) is 6.61 Å². The summed E-state index contributed by atoms with van der Waals surface area (Å²) in [5.74, 6) is 0.701. The Morgan fingerprint density at radius 2 is 2.24 bits per heavy atom. The van der Waals surface area contributed by atoms with E-state index in [0.29, 0.717) is 12.0 Å². The third-order valence-corrected chi connectivity index (χ3v) is 3.84. The second-order valence-electron chi connectivity index (χ2n) is 4.96. The Morgan fingerprint density at radius 3 is 3.00 bits per heavy atom. The summed E-state index contributed by atoms with van der Waals surface area (Å²) in [7, 11) is 3.80. The zero-order chi connectivity index (χ0) is 12.1. The highest BCUT2D eigenvalue weighted by atomic mass is 16.5.